The summed E-state index contributed by atoms with van der Waals surface area (Å²) in [7, 11) is -4.58. The van der Waals surface area contributed by atoms with Crippen LogP contribution in [0.15, 0.2) is 0 Å². The van der Waals surface area contributed by atoms with Crippen LogP contribution in [0.5, 0.6) is 0 Å². The predicted octanol–water partition coefficient (Wildman–Crippen LogP) is 2.65. The van der Waals surface area contributed by atoms with E-state index in [0.717, 1.165) is 44.9 Å². The van der Waals surface area contributed by atoms with E-state index in [2.05, 4.69) is 13.8 Å². The second kappa shape index (κ2) is 20.5. The maximum Gasteiger partial charge on any atom is 0.306 e. The number of carbonyl (C=O) groups is 2. The number of unbranched alkanes of at least 4 members (excludes halogenated alkanes) is 10. The second-order valence-electron chi connectivity index (χ2n) is 10.4. The van der Waals surface area contributed by atoms with E-state index in [1.54, 1.807) is 0 Å². The maximum atomic E-state index is 12.4. The molecule has 1 fully saturated rings. The number of aliphatic hydroxyl groups excluding tert-OH is 3. The predicted molar refractivity (Wildman–Crippen MR) is 146 cm³/mol. The summed E-state index contributed by atoms with van der Waals surface area (Å²) in [6.07, 6.45) is 2.71. The largest absolute Gasteiger partial charge is 0.462 e. The summed E-state index contributed by atoms with van der Waals surface area (Å²) < 4.78 is 53.1. The van der Waals surface area contributed by atoms with Gasteiger partial charge in [0.25, 0.3) is 10.1 Å². The van der Waals surface area contributed by atoms with Crippen LogP contribution in [0.1, 0.15) is 104 Å². The molecule has 1 rings (SSSR count). The molecule has 0 spiro atoms. The summed E-state index contributed by atoms with van der Waals surface area (Å²) in [5.74, 6) is -2.00. The molecule has 13 heteroatoms. The summed E-state index contributed by atoms with van der Waals surface area (Å²) in [6, 6.07) is 0. The number of esters is 2. The van der Waals surface area contributed by atoms with E-state index in [9.17, 15) is 33.3 Å². The van der Waals surface area contributed by atoms with Gasteiger partial charge in [-0.25, -0.2) is 0 Å². The summed E-state index contributed by atoms with van der Waals surface area (Å²) in [5, 5.41) is 30.4. The minimum atomic E-state index is -4.58. The van der Waals surface area contributed by atoms with Gasteiger partial charge < -0.3 is 34.3 Å². The SMILES string of the molecule is CCCCCCCCCC(=O)OC[C@H](CO[C@@H]1O[C@H](CS(=O)(=O)O)[C@@H](O)[C@H](O)[C@H]1O)OC(=O)CCCCCCC. The standard InChI is InChI=1S/C27H50O12S/c1-3-5-7-9-10-12-13-15-22(28)36-17-20(38-23(29)16-14-11-8-6-4-2)18-37-27-26(32)25(31)24(30)21(39-27)19-40(33,34)35/h20-21,24-27,30-32H,3-19H2,1-2H3,(H,33,34,35)/t20-,21-,24-,25+,26-,27-/m1/s1. The molecule has 0 radical (unpaired) electrons. The molecule has 12 nitrogen and oxygen atoms in total. The van der Waals surface area contributed by atoms with Gasteiger partial charge in [0.1, 0.15) is 36.8 Å². The van der Waals surface area contributed by atoms with Crippen LogP contribution >= 0.6 is 0 Å². The van der Waals surface area contributed by atoms with Crippen molar-refractivity contribution in [2.24, 2.45) is 0 Å². The lowest BCUT2D eigenvalue weighted by Gasteiger charge is -2.40. The van der Waals surface area contributed by atoms with E-state index in [1.807, 2.05) is 0 Å². The van der Waals surface area contributed by atoms with Gasteiger partial charge in [0.2, 0.25) is 0 Å². The minimum Gasteiger partial charge on any atom is -0.462 e. The third-order valence-corrected chi connectivity index (χ3v) is 7.44. The quantitative estimate of drug-likeness (QED) is 0.0812. The molecular formula is C27H50O12S. The third-order valence-electron chi connectivity index (χ3n) is 6.69. The topological polar surface area (TPSA) is 186 Å². The molecule has 0 aliphatic carbocycles. The van der Waals surface area contributed by atoms with E-state index in [1.165, 1.54) is 19.3 Å². The Balaban J connectivity index is 2.66. The Morgan fingerprint density at radius 3 is 1.82 bits per heavy atom. The molecule has 0 aromatic rings. The van der Waals surface area contributed by atoms with Crippen LogP contribution < -0.4 is 0 Å². The fraction of sp³-hybridized carbons (Fsp3) is 0.926. The van der Waals surface area contributed by atoms with Crippen molar-refractivity contribution in [3.8, 4) is 0 Å². The highest BCUT2D eigenvalue weighted by Gasteiger charge is 2.46. The van der Waals surface area contributed by atoms with E-state index >= 15 is 0 Å². The van der Waals surface area contributed by atoms with E-state index in [-0.39, 0.29) is 19.4 Å². The smallest absolute Gasteiger partial charge is 0.306 e. The first kappa shape index (κ1) is 36.7. The van der Waals surface area contributed by atoms with E-state index in [0.29, 0.717) is 12.8 Å². The molecule has 1 aliphatic heterocycles. The van der Waals surface area contributed by atoms with Gasteiger partial charge in [0.15, 0.2) is 12.4 Å². The van der Waals surface area contributed by atoms with E-state index in [4.69, 9.17) is 23.5 Å². The number of hydrogen-bond acceptors (Lipinski definition) is 11. The van der Waals surface area contributed by atoms with Crippen molar-refractivity contribution < 1.29 is 56.8 Å². The first-order chi connectivity index (χ1) is 19.0. The average molecular weight is 599 g/mol. The normalized spacial score (nSPS) is 24.0. The van der Waals surface area contributed by atoms with Crippen molar-refractivity contribution in [1.82, 2.24) is 0 Å². The summed E-state index contributed by atoms with van der Waals surface area (Å²) in [6.45, 7) is 3.53. The molecular weight excluding hydrogens is 548 g/mol. The highest BCUT2D eigenvalue weighted by atomic mass is 32.2. The molecule has 0 bridgehead atoms. The molecule has 1 saturated heterocycles. The lowest BCUT2D eigenvalue weighted by atomic mass is 10.00. The van der Waals surface area contributed by atoms with Crippen molar-refractivity contribution in [2.45, 2.75) is 141 Å². The van der Waals surface area contributed by atoms with Gasteiger partial charge in [-0.05, 0) is 12.8 Å². The van der Waals surface area contributed by atoms with Crippen LogP contribution in [-0.4, -0.2) is 96.0 Å². The van der Waals surface area contributed by atoms with Gasteiger partial charge in [-0.2, -0.15) is 8.42 Å². The number of aliphatic hydroxyl groups is 3. The minimum absolute atomic E-state index is 0.163. The highest BCUT2D eigenvalue weighted by molar-refractivity contribution is 7.85. The van der Waals surface area contributed by atoms with Crippen molar-refractivity contribution in [2.75, 3.05) is 19.0 Å². The second-order valence-corrected chi connectivity index (χ2v) is 11.9. The van der Waals surface area contributed by atoms with Crippen LogP contribution in [0.4, 0.5) is 0 Å². The first-order valence-corrected chi connectivity index (χ1v) is 16.2. The zero-order valence-corrected chi connectivity index (χ0v) is 24.8. The Morgan fingerprint density at radius 1 is 0.750 bits per heavy atom. The molecule has 6 atom stereocenters. The first-order valence-electron chi connectivity index (χ1n) is 14.6. The zero-order valence-electron chi connectivity index (χ0n) is 23.9. The Hall–Kier alpha value is -1.35. The number of ether oxygens (including phenoxy) is 4. The maximum absolute atomic E-state index is 12.4. The third kappa shape index (κ3) is 16.2. The lowest BCUT2D eigenvalue weighted by molar-refractivity contribution is -0.297. The van der Waals surface area contributed by atoms with Crippen molar-refractivity contribution in [1.29, 1.82) is 0 Å². The molecule has 0 saturated carbocycles. The van der Waals surface area contributed by atoms with Crippen molar-refractivity contribution >= 4 is 22.1 Å². The molecule has 1 heterocycles. The lowest BCUT2D eigenvalue weighted by Crippen LogP contribution is -2.60. The molecule has 4 N–H and O–H groups in total. The van der Waals surface area contributed by atoms with Crippen LogP contribution in [0.25, 0.3) is 0 Å². The van der Waals surface area contributed by atoms with Gasteiger partial charge >= 0.3 is 11.9 Å². The van der Waals surface area contributed by atoms with Gasteiger partial charge in [-0.1, -0.05) is 78.1 Å². The van der Waals surface area contributed by atoms with E-state index < -0.39 is 71.2 Å². The van der Waals surface area contributed by atoms with Crippen molar-refractivity contribution in [3.63, 3.8) is 0 Å². The summed E-state index contributed by atoms with van der Waals surface area (Å²) in [5.41, 5.74) is 0. The molecule has 0 aromatic carbocycles. The highest BCUT2D eigenvalue weighted by Crippen LogP contribution is 2.23. The van der Waals surface area contributed by atoms with Crippen LogP contribution in [0.3, 0.4) is 0 Å². The molecule has 1 aliphatic rings. The Kier molecular flexibility index (Phi) is 18.8. The summed E-state index contributed by atoms with van der Waals surface area (Å²) >= 11 is 0. The van der Waals surface area contributed by atoms with Crippen LogP contribution in [-0.2, 0) is 38.7 Å². The monoisotopic (exact) mass is 598 g/mol. The number of carbonyl (C=O) groups excluding carboxylic acids is 2. The van der Waals surface area contributed by atoms with Crippen molar-refractivity contribution in [3.05, 3.63) is 0 Å². The fourth-order valence-electron chi connectivity index (χ4n) is 4.32. The Labute approximate surface area is 238 Å². The molecule has 40 heavy (non-hydrogen) atoms. The molecule has 0 unspecified atom stereocenters. The van der Waals surface area contributed by atoms with Gasteiger partial charge in [0, 0.05) is 12.8 Å². The summed E-state index contributed by atoms with van der Waals surface area (Å²) in [4.78, 5) is 24.6. The Morgan fingerprint density at radius 2 is 1.27 bits per heavy atom. The Bertz CT molecular complexity index is 805. The average Bonchev–Trinajstić information content (AvgIpc) is 2.89. The zero-order chi connectivity index (χ0) is 30.0. The van der Waals surface area contributed by atoms with Crippen LogP contribution in [0.2, 0.25) is 0 Å². The van der Waals surface area contributed by atoms with Gasteiger partial charge in [0.05, 0.1) is 6.61 Å². The van der Waals surface area contributed by atoms with Gasteiger partial charge in [-0.15, -0.1) is 0 Å². The van der Waals surface area contributed by atoms with Gasteiger partial charge in [-0.3, -0.25) is 14.1 Å². The molecule has 0 amide bonds. The molecule has 236 valence electrons. The molecule has 0 aromatic heterocycles. The fourth-order valence-corrected chi connectivity index (χ4v) is 5.01. The number of hydrogen-bond donors (Lipinski definition) is 4. The number of rotatable bonds is 22. The van der Waals surface area contributed by atoms with Crippen LogP contribution in [0, 0.1) is 0 Å².